The molecule has 146 valence electrons. The average molecular weight is 392 g/mol. The molecule has 1 unspecified atom stereocenters. The summed E-state index contributed by atoms with van der Waals surface area (Å²) in [5, 5.41) is 1.90. The van der Waals surface area contributed by atoms with Crippen LogP contribution in [0.25, 0.3) is 0 Å². The Kier molecular flexibility index (Phi) is 5.82. The molecule has 0 fully saturated rings. The Morgan fingerprint density at radius 3 is 1.61 bits per heavy atom. The monoisotopic (exact) mass is 392 g/mol. The van der Waals surface area contributed by atoms with Crippen molar-refractivity contribution in [2.24, 2.45) is 0 Å². The molecule has 0 aliphatic rings. The fourth-order valence-corrected chi connectivity index (χ4v) is 7.45. The van der Waals surface area contributed by atoms with Gasteiger partial charge >= 0.3 is 0 Å². The first-order chi connectivity index (χ1) is 13.3. The molecule has 3 aromatic rings. The number of ether oxygens (including phenoxy) is 1. The minimum absolute atomic E-state index is 0.138. The van der Waals surface area contributed by atoms with Gasteiger partial charge in [0.15, 0.2) is 7.14 Å². The van der Waals surface area contributed by atoms with Gasteiger partial charge in [0.25, 0.3) is 0 Å². The number of methoxy groups -OCH3 is 1. The molecular formula is C25H29O2P. The topological polar surface area (TPSA) is 26.3 Å². The Hall–Kier alpha value is -2.31. The minimum Gasteiger partial charge on any atom is -0.497 e. The summed E-state index contributed by atoms with van der Waals surface area (Å²) in [5.74, 6) is 0.809. The van der Waals surface area contributed by atoms with Crippen molar-refractivity contribution in [3.05, 3.63) is 88.5 Å². The van der Waals surface area contributed by atoms with E-state index in [1.165, 1.54) is 11.1 Å². The molecule has 0 bridgehead atoms. The lowest BCUT2D eigenvalue weighted by atomic mass is 10.1. The third-order valence-electron chi connectivity index (χ3n) is 5.56. The van der Waals surface area contributed by atoms with Crippen LogP contribution in [0.5, 0.6) is 5.75 Å². The molecule has 0 radical (unpaired) electrons. The van der Waals surface area contributed by atoms with Crippen LogP contribution in [0, 0.1) is 27.7 Å². The molecule has 0 spiro atoms. The van der Waals surface area contributed by atoms with Crippen LogP contribution in [0.1, 0.15) is 40.4 Å². The largest absolute Gasteiger partial charge is 0.497 e. The highest BCUT2D eigenvalue weighted by molar-refractivity contribution is 7.79. The predicted octanol–water partition coefficient (Wildman–Crippen LogP) is 6.00. The molecule has 0 aliphatic carbocycles. The summed E-state index contributed by atoms with van der Waals surface area (Å²) in [4.78, 5) is 0. The van der Waals surface area contributed by atoms with E-state index in [2.05, 4.69) is 71.0 Å². The van der Waals surface area contributed by atoms with E-state index in [4.69, 9.17) is 4.74 Å². The van der Waals surface area contributed by atoms with Crippen molar-refractivity contribution >= 4 is 17.8 Å². The van der Waals surface area contributed by atoms with E-state index in [1.54, 1.807) is 7.11 Å². The zero-order valence-electron chi connectivity index (χ0n) is 17.6. The maximum atomic E-state index is 14.9. The van der Waals surface area contributed by atoms with Crippen LogP contribution in [0.2, 0.25) is 0 Å². The van der Waals surface area contributed by atoms with Crippen LogP contribution in [-0.2, 0) is 4.57 Å². The summed E-state index contributed by atoms with van der Waals surface area (Å²) in [6.45, 7) is 10.4. The summed E-state index contributed by atoms with van der Waals surface area (Å²) in [7, 11) is -1.25. The van der Waals surface area contributed by atoms with Crippen molar-refractivity contribution in [1.82, 2.24) is 0 Å². The molecule has 0 amide bonds. The molecule has 0 saturated heterocycles. The summed E-state index contributed by atoms with van der Waals surface area (Å²) < 4.78 is 20.2. The lowest BCUT2D eigenvalue weighted by Gasteiger charge is -2.29. The van der Waals surface area contributed by atoms with Crippen LogP contribution < -0.4 is 15.3 Å². The molecule has 0 heterocycles. The molecule has 3 aromatic carbocycles. The quantitative estimate of drug-likeness (QED) is 0.498. The van der Waals surface area contributed by atoms with E-state index in [0.29, 0.717) is 0 Å². The Morgan fingerprint density at radius 2 is 1.21 bits per heavy atom. The highest BCUT2D eigenvalue weighted by Crippen LogP contribution is 2.58. The van der Waals surface area contributed by atoms with E-state index in [1.807, 2.05) is 24.3 Å². The van der Waals surface area contributed by atoms with E-state index in [9.17, 15) is 4.57 Å². The first-order valence-electron chi connectivity index (χ1n) is 9.66. The normalized spacial score (nSPS) is 12.6. The zero-order valence-corrected chi connectivity index (χ0v) is 18.5. The summed E-state index contributed by atoms with van der Waals surface area (Å²) in [5.41, 5.74) is 5.47. The second-order valence-electron chi connectivity index (χ2n) is 7.69. The van der Waals surface area contributed by atoms with Crippen molar-refractivity contribution in [3.63, 3.8) is 0 Å². The lowest BCUT2D eigenvalue weighted by molar-refractivity contribution is 0.414. The Balaban J connectivity index is 2.25. The van der Waals surface area contributed by atoms with Gasteiger partial charge < -0.3 is 9.30 Å². The van der Waals surface area contributed by atoms with Crippen LogP contribution >= 0.6 is 7.14 Å². The third-order valence-corrected chi connectivity index (χ3v) is 9.39. The fraction of sp³-hybridized carbons (Fsp3) is 0.280. The summed E-state index contributed by atoms with van der Waals surface area (Å²) >= 11 is 0. The standard InChI is InChI=1S/C25H29O2P/c1-17-7-13-24(19(3)15-17)28(26,25-14-8-18(2)16-20(25)4)21(5)22-9-11-23(27-6)12-10-22/h7-16,21H,1-6H3. The lowest BCUT2D eigenvalue weighted by Crippen LogP contribution is -2.24. The van der Waals surface area contributed by atoms with E-state index in [0.717, 1.165) is 33.0 Å². The number of hydrogen-bond acceptors (Lipinski definition) is 2. The van der Waals surface area contributed by atoms with Gasteiger partial charge in [-0.25, -0.2) is 0 Å². The van der Waals surface area contributed by atoms with Crippen molar-refractivity contribution in [3.8, 4) is 5.75 Å². The smallest absolute Gasteiger partial charge is 0.150 e. The molecule has 3 rings (SSSR count). The van der Waals surface area contributed by atoms with Gasteiger partial charge in [0.1, 0.15) is 5.75 Å². The second kappa shape index (κ2) is 7.97. The van der Waals surface area contributed by atoms with Gasteiger partial charge in [-0.15, -0.1) is 0 Å². The number of aryl methyl sites for hydroxylation is 4. The van der Waals surface area contributed by atoms with Crippen LogP contribution in [-0.4, -0.2) is 7.11 Å². The van der Waals surface area contributed by atoms with Crippen LogP contribution in [0.15, 0.2) is 60.7 Å². The summed E-state index contributed by atoms with van der Waals surface area (Å²) in [6, 6.07) is 20.5. The van der Waals surface area contributed by atoms with Crippen molar-refractivity contribution < 1.29 is 9.30 Å². The number of rotatable bonds is 5. The maximum Gasteiger partial charge on any atom is 0.150 e. The molecule has 0 aliphatic heterocycles. The van der Waals surface area contributed by atoms with Gasteiger partial charge in [-0.2, -0.15) is 0 Å². The molecule has 0 N–H and O–H groups in total. The molecule has 0 saturated carbocycles. The maximum absolute atomic E-state index is 14.9. The van der Waals surface area contributed by atoms with Gasteiger partial charge in [-0.05, 0) is 56.5 Å². The Morgan fingerprint density at radius 1 is 0.750 bits per heavy atom. The van der Waals surface area contributed by atoms with Crippen LogP contribution in [0.4, 0.5) is 0 Å². The van der Waals surface area contributed by atoms with Crippen molar-refractivity contribution in [1.29, 1.82) is 0 Å². The zero-order chi connectivity index (χ0) is 20.5. The first-order valence-corrected chi connectivity index (χ1v) is 11.4. The van der Waals surface area contributed by atoms with Gasteiger partial charge in [0, 0.05) is 16.3 Å². The van der Waals surface area contributed by atoms with E-state index in [-0.39, 0.29) is 5.66 Å². The summed E-state index contributed by atoms with van der Waals surface area (Å²) in [6.07, 6.45) is 0. The van der Waals surface area contributed by atoms with Crippen molar-refractivity contribution in [2.45, 2.75) is 40.3 Å². The molecule has 28 heavy (non-hydrogen) atoms. The van der Waals surface area contributed by atoms with E-state index < -0.39 is 7.14 Å². The van der Waals surface area contributed by atoms with E-state index >= 15 is 0 Å². The number of benzene rings is 3. The minimum atomic E-state index is -2.92. The Bertz CT molecular complexity index is 979. The van der Waals surface area contributed by atoms with Crippen LogP contribution in [0.3, 0.4) is 0 Å². The first kappa shape index (κ1) is 20.4. The molecular weight excluding hydrogens is 363 g/mol. The average Bonchev–Trinajstić information content (AvgIpc) is 2.67. The fourth-order valence-electron chi connectivity index (χ4n) is 4.00. The van der Waals surface area contributed by atoms with Crippen molar-refractivity contribution in [2.75, 3.05) is 7.11 Å². The molecule has 3 heteroatoms. The van der Waals surface area contributed by atoms with Gasteiger partial charge in [-0.1, -0.05) is 66.6 Å². The molecule has 1 atom stereocenters. The predicted molar refractivity (Wildman–Crippen MR) is 120 cm³/mol. The highest BCUT2D eigenvalue weighted by Gasteiger charge is 2.37. The van der Waals surface area contributed by atoms with Gasteiger partial charge in [0.2, 0.25) is 0 Å². The van der Waals surface area contributed by atoms with Gasteiger partial charge in [0.05, 0.1) is 7.11 Å². The second-order valence-corrected chi connectivity index (χ2v) is 10.7. The highest BCUT2D eigenvalue weighted by atomic mass is 31.2. The van der Waals surface area contributed by atoms with Gasteiger partial charge in [-0.3, -0.25) is 0 Å². The molecule has 0 aromatic heterocycles. The third kappa shape index (κ3) is 3.66. The molecule has 2 nitrogen and oxygen atoms in total. The SMILES string of the molecule is COc1ccc(C(C)P(=O)(c2ccc(C)cc2C)c2ccc(C)cc2C)cc1. The number of hydrogen-bond donors (Lipinski definition) is 0. The Labute approximate surface area is 169 Å².